The molecule has 2 rings (SSSR count). The van der Waals surface area contributed by atoms with Crippen LogP contribution in [0.5, 0.6) is 0 Å². The first kappa shape index (κ1) is 10.4. The first-order valence-corrected chi connectivity index (χ1v) is 6.01. The first-order chi connectivity index (χ1) is 6.81. The van der Waals surface area contributed by atoms with Gasteiger partial charge in [0, 0.05) is 31.2 Å². The van der Waals surface area contributed by atoms with Crippen LogP contribution in [0, 0.1) is 0 Å². The Morgan fingerprint density at radius 3 is 3.00 bits per heavy atom. The van der Waals surface area contributed by atoms with Gasteiger partial charge in [0.1, 0.15) is 0 Å². The summed E-state index contributed by atoms with van der Waals surface area (Å²) in [4.78, 5) is 2.66. The predicted molar refractivity (Wildman–Crippen MR) is 59.3 cm³/mol. The number of rotatable bonds is 3. The summed E-state index contributed by atoms with van der Waals surface area (Å²) in [5, 5.41) is 3.66. The number of nitrogens with zero attached hydrogens (tertiary/aromatic N) is 1. The van der Waals surface area contributed by atoms with E-state index in [9.17, 15) is 0 Å². The van der Waals surface area contributed by atoms with Crippen molar-refractivity contribution in [1.29, 1.82) is 0 Å². The molecule has 0 aromatic heterocycles. The summed E-state index contributed by atoms with van der Waals surface area (Å²) in [5.74, 6) is 0. The van der Waals surface area contributed by atoms with E-state index in [2.05, 4.69) is 17.1 Å². The van der Waals surface area contributed by atoms with Crippen molar-refractivity contribution in [3.8, 4) is 0 Å². The molecule has 3 atom stereocenters. The Hall–Kier alpha value is -0.120. The molecule has 2 aliphatic heterocycles. The lowest BCUT2D eigenvalue weighted by atomic mass is 9.98. The molecule has 0 radical (unpaired) electrons. The summed E-state index contributed by atoms with van der Waals surface area (Å²) < 4.78 is 0. The third-order valence-corrected chi connectivity index (χ3v) is 3.71. The van der Waals surface area contributed by atoms with Gasteiger partial charge >= 0.3 is 0 Å². The summed E-state index contributed by atoms with van der Waals surface area (Å²) in [6, 6.07) is 1.98. The molecule has 3 unspecified atom stereocenters. The van der Waals surface area contributed by atoms with E-state index in [1.54, 1.807) is 0 Å². The van der Waals surface area contributed by atoms with Gasteiger partial charge in [-0.1, -0.05) is 6.42 Å². The Morgan fingerprint density at radius 2 is 2.21 bits per heavy atom. The van der Waals surface area contributed by atoms with Crippen molar-refractivity contribution in [2.24, 2.45) is 5.73 Å². The van der Waals surface area contributed by atoms with E-state index in [4.69, 9.17) is 5.73 Å². The van der Waals surface area contributed by atoms with E-state index in [1.165, 1.54) is 38.8 Å². The molecule has 3 nitrogen and oxygen atoms in total. The standard InChI is InChI=1S/C11H23N3/c1-9(8-12)13-10-5-7-14-6-3-2-4-11(10)14/h9-11,13H,2-8,12H2,1H3. The number of nitrogens with one attached hydrogen (secondary N) is 1. The average molecular weight is 197 g/mol. The second-order valence-corrected chi connectivity index (χ2v) is 4.80. The number of fused-ring (bicyclic) bond motifs is 1. The van der Waals surface area contributed by atoms with Gasteiger partial charge in [0.25, 0.3) is 0 Å². The molecule has 82 valence electrons. The largest absolute Gasteiger partial charge is 0.329 e. The van der Waals surface area contributed by atoms with Crippen LogP contribution < -0.4 is 11.1 Å². The number of hydrogen-bond donors (Lipinski definition) is 2. The zero-order valence-corrected chi connectivity index (χ0v) is 9.21. The van der Waals surface area contributed by atoms with Crippen molar-refractivity contribution in [3.63, 3.8) is 0 Å². The Bertz CT molecular complexity index is 183. The van der Waals surface area contributed by atoms with E-state index in [0.717, 1.165) is 12.6 Å². The topological polar surface area (TPSA) is 41.3 Å². The lowest BCUT2D eigenvalue weighted by molar-refractivity contribution is 0.177. The molecule has 2 aliphatic rings. The quantitative estimate of drug-likeness (QED) is 0.694. The lowest BCUT2D eigenvalue weighted by Gasteiger charge is -2.33. The summed E-state index contributed by atoms with van der Waals surface area (Å²) in [7, 11) is 0. The van der Waals surface area contributed by atoms with Gasteiger partial charge in [-0.15, -0.1) is 0 Å². The minimum Gasteiger partial charge on any atom is -0.329 e. The molecular weight excluding hydrogens is 174 g/mol. The zero-order valence-electron chi connectivity index (χ0n) is 9.21. The second kappa shape index (κ2) is 4.60. The molecule has 2 heterocycles. The predicted octanol–water partition coefficient (Wildman–Crippen LogP) is 0.550. The summed E-state index contributed by atoms with van der Waals surface area (Å²) in [6.07, 6.45) is 5.51. The van der Waals surface area contributed by atoms with Gasteiger partial charge in [-0.3, -0.25) is 4.90 Å². The fourth-order valence-electron chi connectivity index (χ4n) is 2.88. The molecule has 2 saturated heterocycles. The van der Waals surface area contributed by atoms with Crippen molar-refractivity contribution >= 4 is 0 Å². The maximum absolute atomic E-state index is 5.64. The summed E-state index contributed by atoms with van der Waals surface area (Å²) >= 11 is 0. The van der Waals surface area contributed by atoms with Crippen molar-refractivity contribution in [2.75, 3.05) is 19.6 Å². The van der Waals surface area contributed by atoms with Crippen molar-refractivity contribution in [2.45, 2.75) is 50.7 Å². The molecule has 0 aromatic rings. The van der Waals surface area contributed by atoms with Crippen LogP contribution >= 0.6 is 0 Å². The molecule has 0 aromatic carbocycles. The monoisotopic (exact) mass is 197 g/mol. The molecule has 0 amide bonds. The highest BCUT2D eigenvalue weighted by Gasteiger charge is 2.35. The molecular formula is C11H23N3. The van der Waals surface area contributed by atoms with E-state index >= 15 is 0 Å². The van der Waals surface area contributed by atoms with Crippen molar-refractivity contribution in [1.82, 2.24) is 10.2 Å². The molecule has 2 fully saturated rings. The van der Waals surface area contributed by atoms with Gasteiger partial charge in [0.05, 0.1) is 0 Å². The minimum atomic E-state index is 0.474. The molecule has 0 bridgehead atoms. The van der Waals surface area contributed by atoms with Crippen LogP contribution in [0.2, 0.25) is 0 Å². The van der Waals surface area contributed by atoms with Gasteiger partial charge in [0.2, 0.25) is 0 Å². The van der Waals surface area contributed by atoms with Gasteiger partial charge in [-0.25, -0.2) is 0 Å². The van der Waals surface area contributed by atoms with E-state index in [1.807, 2.05) is 0 Å². The maximum Gasteiger partial charge on any atom is 0.0249 e. The lowest BCUT2D eigenvalue weighted by Crippen LogP contribution is -2.49. The molecule has 0 saturated carbocycles. The van der Waals surface area contributed by atoms with Gasteiger partial charge < -0.3 is 11.1 Å². The molecule has 0 spiro atoms. The summed E-state index contributed by atoms with van der Waals surface area (Å²) in [6.45, 7) is 5.55. The van der Waals surface area contributed by atoms with E-state index in [-0.39, 0.29) is 0 Å². The number of nitrogens with two attached hydrogens (primary N) is 1. The van der Waals surface area contributed by atoms with Crippen molar-refractivity contribution in [3.05, 3.63) is 0 Å². The average Bonchev–Trinajstić information content (AvgIpc) is 2.62. The maximum atomic E-state index is 5.64. The van der Waals surface area contributed by atoms with Crippen LogP contribution in [0.4, 0.5) is 0 Å². The minimum absolute atomic E-state index is 0.474. The number of piperidine rings is 1. The SMILES string of the molecule is CC(CN)NC1CCN2CCCCC12. The highest BCUT2D eigenvalue weighted by atomic mass is 15.2. The van der Waals surface area contributed by atoms with Crippen LogP contribution in [0.3, 0.4) is 0 Å². The van der Waals surface area contributed by atoms with Gasteiger partial charge in [-0.05, 0) is 32.7 Å². The molecule has 0 aliphatic carbocycles. The Labute approximate surface area is 87.0 Å². The summed E-state index contributed by atoms with van der Waals surface area (Å²) in [5.41, 5.74) is 5.64. The third-order valence-electron chi connectivity index (χ3n) is 3.71. The Kier molecular flexibility index (Phi) is 3.42. The highest BCUT2D eigenvalue weighted by Crippen LogP contribution is 2.27. The van der Waals surface area contributed by atoms with Gasteiger partial charge in [0.15, 0.2) is 0 Å². The molecule has 3 heteroatoms. The third kappa shape index (κ3) is 2.10. The smallest absolute Gasteiger partial charge is 0.0249 e. The second-order valence-electron chi connectivity index (χ2n) is 4.80. The fraction of sp³-hybridized carbons (Fsp3) is 1.00. The van der Waals surface area contributed by atoms with Crippen LogP contribution in [-0.4, -0.2) is 42.7 Å². The van der Waals surface area contributed by atoms with Gasteiger partial charge in [-0.2, -0.15) is 0 Å². The van der Waals surface area contributed by atoms with Crippen LogP contribution in [0.25, 0.3) is 0 Å². The fourth-order valence-corrected chi connectivity index (χ4v) is 2.88. The zero-order chi connectivity index (χ0) is 9.97. The Morgan fingerprint density at radius 1 is 1.36 bits per heavy atom. The van der Waals surface area contributed by atoms with Crippen molar-refractivity contribution < 1.29 is 0 Å². The normalized spacial score (nSPS) is 35.6. The van der Waals surface area contributed by atoms with Crippen LogP contribution in [-0.2, 0) is 0 Å². The van der Waals surface area contributed by atoms with E-state index < -0.39 is 0 Å². The van der Waals surface area contributed by atoms with E-state index in [0.29, 0.717) is 12.1 Å². The first-order valence-electron chi connectivity index (χ1n) is 6.01. The highest BCUT2D eigenvalue weighted by molar-refractivity contribution is 4.94. The molecule has 3 N–H and O–H groups in total. The molecule has 14 heavy (non-hydrogen) atoms. The number of hydrogen-bond acceptors (Lipinski definition) is 3. The van der Waals surface area contributed by atoms with Crippen LogP contribution in [0.15, 0.2) is 0 Å². The Balaban J connectivity index is 1.87. The van der Waals surface area contributed by atoms with Crippen LogP contribution in [0.1, 0.15) is 32.6 Å².